The molecule has 3 rings (SSSR count). The zero-order valence-electron chi connectivity index (χ0n) is 10.5. The summed E-state index contributed by atoms with van der Waals surface area (Å²) < 4.78 is 18.3. The van der Waals surface area contributed by atoms with E-state index in [0.29, 0.717) is 11.1 Å². The summed E-state index contributed by atoms with van der Waals surface area (Å²) in [5.74, 6) is -0.117. The number of nitrogen functional groups attached to an aromatic ring is 1. The second-order valence-corrected chi connectivity index (χ2v) is 4.73. The van der Waals surface area contributed by atoms with E-state index in [9.17, 15) is 9.50 Å². The molecule has 0 aliphatic rings. The van der Waals surface area contributed by atoms with Gasteiger partial charge in [-0.15, -0.1) is 0 Å². The Hall–Kier alpha value is -2.60. The Kier molecular flexibility index (Phi) is 3.23. The third-order valence-electron chi connectivity index (χ3n) is 2.88. The van der Waals surface area contributed by atoms with E-state index in [1.807, 2.05) is 0 Å². The molecule has 1 aromatic heterocycles. The highest BCUT2D eigenvalue weighted by molar-refractivity contribution is 6.31. The summed E-state index contributed by atoms with van der Waals surface area (Å²) in [6.07, 6.45) is 0. The lowest BCUT2D eigenvalue weighted by atomic mass is 10.2. The molecule has 0 atom stereocenters. The van der Waals surface area contributed by atoms with Gasteiger partial charge in [-0.05, 0) is 36.4 Å². The second kappa shape index (κ2) is 5.06. The molecule has 0 radical (unpaired) electrons. The number of benzene rings is 2. The number of phenols is 1. The molecular formula is C14H9ClFN3O2. The smallest absolute Gasteiger partial charge is 0.258 e. The SMILES string of the molecule is Nc1ccc(-c2nc(-c3ccc(F)c(Cl)c3)no2)cc1O. The van der Waals surface area contributed by atoms with Crippen LogP contribution in [0.5, 0.6) is 5.75 Å². The maximum absolute atomic E-state index is 13.1. The molecular weight excluding hydrogens is 297 g/mol. The molecule has 0 saturated heterocycles. The molecule has 2 aromatic carbocycles. The molecule has 0 fully saturated rings. The Balaban J connectivity index is 1.99. The van der Waals surface area contributed by atoms with E-state index in [0.717, 1.165) is 0 Å². The van der Waals surface area contributed by atoms with Crippen LogP contribution in [-0.4, -0.2) is 15.2 Å². The van der Waals surface area contributed by atoms with Crippen molar-refractivity contribution in [3.63, 3.8) is 0 Å². The first-order chi connectivity index (χ1) is 10.0. The van der Waals surface area contributed by atoms with Crippen LogP contribution in [0.4, 0.5) is 10.1 Å². The Bertz CT molecular complexity index is 754. The topological polar surface area (TPSA) is 85.2 Å². The highest BCUT2D eigenvalue weighted by atomic mass is 35.5. The van der Waals surface area contributed by atoms with Crippen molar-refractivity contribution < 1.29 is 14.0 Å². The van der Waals surface area contributed by atoms with Crippen LogP contribution in [0, 0.1) is 5.82 Å². The van der Waals surface area contributed by atoms with Gasteiger partial charge in [0.15, 0.2) is 0 Å². The minimum absolute atomic E-state index is 0.0241. The lowest BCUT2D eigenvalue weighted by Gasteiger charge is -1.99. The van der Waals surface area contributed by atoms with Crippen LogP contribution in [0.2, 0.25) is 5.02 Å². The van der Waals surface area contributed by atoms with E-state index < -0.39 is 5.82 Å². The largest absolute Gasteiger partial charge is 0.506 e. The molecule has 106 valence electrons. The number of phenolic OH excluding ortho intramolecular Hbond substituents is 1. The summed E-state index contributed by atoms with van der Waals surface area (Å²) in [6, 6.07) is 8.72. The molecule has 0 saturated carbocycles. The molecule has 3 N–H and O–H groups in total. The monoisotopic (exact) mass is 305 g/mol. The predicted molar refractivity (Wildman–Crippen MR) is 76.2 cm³/mol. The van der Waals surface area contributed by atoms with Gasteiger partial charge in [-0.3, -0.25) is 0 Å². The van der Waals surface area contributed by atoms with Gasteiger partial charge >= 0.3 is 0 Å². The molecule has 5 nitrogen and oxygen atoms in total. The van der Waals surface area contributed by atoms with Crippen molar-refractivity contribution in [1.29, 1.82) is 0 Å². The minimum Gasteiger partial charge on any atom is -0.506 e. The Morgan fingerprint density at radius 2 is 1.90 bits per heavy atom. The fourth-order valence-corrected chi connectivity index (χ4v) is 1.95. The van der Waals surface area contributed by atoms with Crippen LogP contribution in [-0.2, 0) is 0 Å². The van der Waals surface area contributed by atoms with Crippen molar-refractivity contribution in [2.24, 2.45) is 0 Å². The van der Waals surface area contributed by atoms with Crippen LogP contribution in [0.1, 0.15) is 0 Å². The van der Waals surface area contributed by atoms with Gasteiger partial charge < -0.3 is 15.4 Å². The van der Waals surface area contributed by atoms with Crippen LogP contribution in [0.3, 0.4) is 0 Å². The van der Waals surface area contributed by atoms with Crippen molar-refractivity contribution in [3.8, 4) is 28.6 Å². The quantitative estimate of drug-likeness (QED) is 0.559. The maximum atomic E-state index is 13.1. The average molecular weight is 306 g/mol. The molecule has 0 unspecified atom stereocenters. The van der Waals surface area contributed by atoms with Gasteiger partial charge in [-0.2, -0.15) is 4.98 Å². The third-order valence-corrected chi connectivity index (χ3v) is 3.17. The zero-order chi connectivity index (χ0) is 15.0. The van der Waals surface area contributed by atoms with E-state index in [1.54, 1.807) is 6.07 Å². The maximum Gasteiger partial charge on any atom is 0.258 e. The number of nitrogens with two attached hydrogens (primary N) is 1. The minimum atomic E-state index is -0.521. The lowest BCUT2D eigenvalue weighted by molar-refractivity contribution is 0.431. The molecule has 0 aliphatic carbocycles. The van der Waals surface area contributed by atoms with Crippen molar-refractivity contribution in [2.75, 3.05) is 5.73 Å². The molecule has 7 heteroatoms. The molecule has 0 aliphatic heterocycles. The number of nitrogens with zero attached hydrogens (tertiary/aromatic N) is 2. The van der Waals surface area contributed by atoms with Gasteiger partial charge in [-0.1, -0.05) is 16.8 Å². The highest BCUT2D eigenvalue weighted by Crippen LogP contribution is 2.29. The van der Waals surface area contributed by atoms with E-state index in [-0.39, 0.29) is 28.2 Å². The first-order valence-corrected chi connectivity index (χ1v) is 6.30. The fraction of sp³-hybridized carbons (Fsp3) is 0. The number of aromatic nitrogens is 2. The van der Waals surface area contributed by atoms with Gasteiger partial charge in [0.2, 0.25) is 5.82 Å². The highest BCUT2D eigenvalue weighted by Gasteiger charge is 2.13. The first-order valence-electron chi connectivity index (χ1n) is 5.92. The van der Waals surface area contributed by atoms with E-state index in [4.69, 9.17) is 21.9 Å². The van der Waals surface area contributed by atoms with E-state index in [1.165, 1.54) is 30.3 Å². The number of rotatable bonds is 2. The Morgan fingerprint density at radius 1 is 1.14 bits per heavy atom. The Morgan fingerprint density at radius 3 is 2.62 bits per heavy atom. The molecule has 0 amide bonds. The summed E-state index contributed by atoms with van der Waals surface area (Å²) in [7, 11) is 0. The van der Waals surface area contributed by atoms with Crippen LogP contribution < -0.4 is 5.73 Å². The molecule has 0 spiro atoms. The molecule has 0 bridgehead atoms. The van der Waals surface area contributed by atoms with Crippen molar-refractivity contribution in [3.05, 3.63) is 47.2 Å². The second-order valence-electron chi connectivity index (χ2n) is 4.33. The third kappa shape index (κ3) is 2.53. The summed E-state index contributed by atoms with van der Waals surface area (Å²) >= 11 is 5.72. The summed E-state index contributed by atoms with van der Waals surface area (Å²) in [5.41, 5.74) is 6.83. The normalized spacial score (nSPS) is 10.8. The molecule has 3 aromatic rings. The number of hydrogen-bond acceptors (Lipinski definition) is 5. The number of hydrogen-bond donors (Lipinski definition) is 2. The summed E-state index contributed by atoms with van der Waals surface area (Å²) in [4.78, 5) is 4.18. The molecule has 1 heterocycles. The van der Waals surface area contributed by atoms with Crippen LogP contribution in [0.15, 0.2) is 40.9 Å². The number of aromatic hydroxyl groups is 1. The van der Waals surface area contributed by atoms with Gasteiger partial charge in [0.25, 0.3) is 5.89 Å². The predicted octanol–water partition coefficient (Wildman–Crippen LogP) is 3.48. The van der Waals surface area contributed by atoms with Gasteiger partial charge in [0.05, 0.1) is 10.7 Å². The Labute approximate surface area is 123 Å². The zero-order valence-corrected chi connectivity index (χ0v) is 11.3. The van der Waals surface area contributed by atoms with E-state index in [2.05, 4.69) is 10.1 Å². The van der Waals surface area contributed by atoms with E-state index >= 15 is 0 Å². The van der Waals surface area contributed by atoms with Gasteiger partial charge in [0.1, 0.15) is 11.6 Å². The number of halogens is 2. The van der Waals surface area contributed by atoms with Crippen molar-refractivity contribution in [2.45, 2.75) is 0 Å². The summed E-state index contributed by atoms with van der Waals surface area (Å²) in [5, 5.41) is 13.4. The van der Waals surface area contributed by atoms with Gasteiger partial charge in [0, 0.05) is 11.1 Å². The lowest BCUT2D eigenvalue weighted by Crippen LogP contribution is -1.86. The summed E-state index contributed by atoms with van der Waals surface area (Å²) in [6.45, 7) is 0. The first kappa shape index (κ1) is 13.4. The van der Waals surface area contributed by atoms with Crippen LogP contribution >= 0.6 is 11.6 Å². The van der Waals surface area contributed by atoms with Crippen LogP contribution in [0.25, 0.3) is 22.8 Å². The van der Waals surface area contributed by atoms with Crippen molar-refractivity contribution >= 4 is 17.3 Å². The standard InChI is InChI=1S/C14H9ClFN3O2/c15-9-5-7(1-3-10(9)16)13-18-14(21-19-13)8-2-4-11(17)12(20)6-8/h1-6,20H,17H2. The average Bonchev–Trinajstić information content (AvgIpc) is 2.94. The van der Waals surface area contributed by atoms with Crippen molar-refractivity contribution in [1.82, 2.24) is 10.1 Å². The fourth-order valence-electron chi connectivity index (χ4n) is 1.77. The number of anilines is 1. The van der Waals surface area contributed by atoms with Gasteiger partial charge in [-0.25, -0.2) is 4.39 Å². The molecule has 21 heavy (non-hydrogen) atoms.